The number of alkyl halides is 3. The summed E-state index contributed by atoms with van der Waals surface area (Å²) < 4.78 is 41.9. The Hall–Kier alpha value is -2.49. The molecule has 0 atom stereocenters. The summed E-state index contributed by atoms with van der Waals surface area (Å²) in [6.07, 6.45) is 2.28. The molecule has 2 aliphatic rings. The summed E-state index contributed by atoms with van der Waals surface area (Å²) in [6.45, 7) is 0.290. The Labute approximate surface area is 181 Å². The Morgan fingerprint density at radius 1 is 1.26 bits per heavy atom. The number of fused-ring (bicyclic) bond motifs is 1. The molecule has 0 aliphatic heterocycles. The molecule has 2 aromatic rings. The Bertz CT molecular complexity index is 1010. The third kappa shape index (κ3) is 4.44. The van der Waals surface area contributed by atoms with Crippen molar-refractivity contribution in [1.29, 1.82) is 0 Å². The summed E-state index contributed by atoms with van der Waals surface area (Å²) in [4.78, 5) is 29.8. The first kappa shape index (κ1) is 21.7. The number of carbonyl (C=O) groups excluding carboxylic acids is 2. The molecule has 0 bridgehead atoms. The molecule has 4 rings (SSSR count). The number of nitrogens with one attached hydrogen (secondary N) is 1. The predicted molar refractivity (Wildman–Crippen MR) is 108 cm³/mol. The van der Waals surface area contributed by atoms with Gasteiger partial charge < -0.3 is 16.0 Å². The number of nitrogens with two attached hydrogens (primary N) is 1. The highest BCUT2D eigenvalue weighted by atomic mass is 35.5. The summed E-state index contributed by atoms with van der Waals surface area (Å²) in [6, 6.07) is 0.572. The minimum atomic E-state index is -4.63. The molecule has 0 radical (unpaired) electrons. The minimum Gasteiger partial charge on any atom is -0.351 e. The fourth-order valence-corrected chi connectivity index (χ4v) is 4.45. The van der Waals surface area contributed by atoms with Crippen molar-refractivity contribution < 1.29 is 22.8 Å². The monoisotopic (exact) mass is 457 g/mol. The molecule has 2 fully saturated rings. The third-order valence-corrected chi connectivity index (χ3v) is 6.30. The smallest absolute Gasteiger partial charge is 0.351 e. The van der Waals surface area contributed by atoms with E-state index in [2.05, 4.69) is 10.3 Å². The molecule has 3 N–H and O–H groups in total. The average Bonchev–Trinajstić information content (AvgIpc) is 3.31. The lowest BCUT2D eigenvalue weighted by atomic mass is 10.1. The quantitative estimate of drug-likeness (QED) is 0.688. The maximum Gasteiger partial charge on any atom is 0.419 e. The van der Waals surface area contributed by atoms with Gasteiger partial charge in [-0.25, -0.2) is 9.78 Å². The molecule has 0 saturated heterocycles. The first-order chi connectivity index (χ1) is 14.7. The number of pyridine rings is 1. The van der Waals surface area contributed by atoms with Crippen LogP contribution in [0.5, 0.6) is 0 Å². The van der Waals surface area contributed by atoms with Crippen molar-refractivity contribution in [1.82, 2.24) is 19.6 Å². The second-order valence-electron chi connectivity index (χ2n) is 8.13. The van der Waals surface area contributed by atoms with Crippen molar-refractivity contribution >= 4 is 29.2 Å². The van der Waals surface area contributed by atoms with Gasteiger partial charge in [-0.15, -0.1) is 0 Å². The van der Waals surface area contributed by atoms with E-state index in [0.29, 0.717) is 5.56 Å². The first-order valence-electron chi connectivity index (χ1n) is 10.3. The molecular formula is C20H23ClF3N5O2. The van der Waals surface area contributed by atoms with E-state index < -0.39 is 29.3 Å². The molecule has 7 nitrogen and oxygen atoms in total. The van der Waals surface area contributed by atoms with Crippen LogP contribution in [0, 0.1) is 0 Å². The van der Waals surface area contributed by atoms with Crippen molar-refractivity contribution in [2.24, 2.45) is 5.73 Å². The van der Waals surface area contributed by atoms with Gasteiger partial charge in [-0.3, -0.25) is 9.20 Å². The van der Waals surface area contributed by atoms with Crippen LogP contribution >= 0.6 is 11.6 Å². The number of amides is 3. The van der Waals surface area contributed by atoms with Gasteiger partial charge in [0.15, 0.2) is 11.3 Å². The highest BCUT2D eigenvalue weighted by molar-refractivity contribution is 6.33. The summed E-state index contributed by atoms with van der Waals surface area (Å²) in [7, 11) is 0. The topological polar surface area (TPSA) is 92.7 Å². The normalized spacial score (nSPS) is 17.3. The number of imidazole rings is 1. The Morgan fingerprint density at radius 3 is 2.52 bits per heavy atom. The number of aromatic nitrogens is 2. The fourth-order valence-electron chi connectivity index (χ4n) is 4.19. The largest absolute Gasteiger partial charge is 0.419 e. The SMILES string of the molecule is NC(=O)N(CCNC(=O)c1nc2c(C(F)(F)F)cc(C3CC3)cn2c1Cl)C1CCCC1. The number of carbonyl (C=O) groups is 2. The van der Waals surface area contributed by atoms with Crippen LogP contribution in [0.15, 0.2) is 12.3 Å². The van der Waals surface area contributed by atoms with Crippen molar-refractivity contribution in [3.8, 4) is 0 Å². The maximum absolute atomic E-state index is 13.6. The first-order valence-corrected chi connectivity index (χ1v) is 10.7. The highest BCUT2D eigenvalue weighted by Crippen LogP contribution is 2.43. The zero-order valence-corrected chi connectivity index (χ0v) is 17.5. The molecule has 2 saturated carbocycles. The van der Waals surface area contributed by atoms with Gasteiger partial charge in [0.1, 0.15) is 5.15 Å². The number of rotatable bonds is 6. The fraction of sp³-hybridized carbons (Fsp3) is 0.550. The molecule has 0 spiro atoms. The summed E-state index contributed by atoms with van der Waals surface area (Å²) in [5.74, 6) is -0.637. The number of nitrogens with zero attached hydrogens (tertiary/aromatic N) is 3. The van der Waals surface area contributed by atoms with Gasteiger partial charge in [-0.2, -0.15) is 13.2 Å². The van der Waals surface area contributed by atoms with Crippen LogP contribution in [0.3, 0.4) is 0 Å². The number of halogens is 4. The second-order valence-corrected chi connectivity index (χ2v) is 8.49. The van der Waals surface area contributed by atoms with Crippen LogP contribution in [-0.2, 0) is 6.18 Å². The molecule has 2 aromatic heterocycles. The van der Waals surface area contributed by atoms with Crippen LogP contribution < -0.4 is 11.1 Å². The van der Waals surface area contributed by atoms with Gasteiger partial charge in [0.25, 0.3) is 5.91 Å². The van der Waals surface area contributed by atoms with E-state index in [4.69, 9.17) is 17.3 Å². The summed E-state index contributed by atoms with van der Waals surface area (Å²) >= 11 is 6.25. The van der Waals surface area contributed by atoms with Crippen LogP contribution in [0.4, 0.5) is 18.0 Å². The number of hydrogen-bond acceptors (Lipinski definition) is 3. The van der Waals surface area contributed by atoms with Gasteiger partial charge in [-0.1, -0.05) is 24.4 Å². The maximum atomic E-state index is 13.6. The van der Waals surface area contributed by atoms with Crippen LogP contribution in [0.25, 0.3) is 5.65 Å². The lowest BCUT2D eigenvalue weighted by molar-refractivity contribution is -0.136. The van der Waals surface area contributed by atoms with Gasteiger partial charge >= 0.3 is 12.2 Å². The molecule has 2 heterocycles. The molecular weight excluding hydrogens is 435 g/mol. The summed E-state index contributed by atoms with van der Waals surface area (Å²) in [5, 5.41) is 2.41. The van der Waals surface area contributed by atoms with Crippen LogP contribution in [0.2, 0.25) is 5.15 Å². The van der Waals surface area contributed by atoms with Crippen LogP contribution in [0.1, 0.15) is 66.1 Å². The summed E-state index contributed by atoms with van der Waals surface area (Å²) in [5.41, 5.74) is 4.37. The third-order valence-electron chi connectivity index (χ3n) is 5.94. The second kappa shape index (κ2) is 8.22. The molecule has 168 valence electrons. The van der Waals surface area contributed by atoms with E-state index in [9.17, 15) is 22.8 Å². The number of primary amides is 1. The van der Waals surface area contributed by atoms with Crippen LogP contribution in [-0.4, -0.2) is 45.4 Å². The molecule has 0 unspecified atom stereocenters. The average molecular weight is 458 g/mol. The van der Waals surface area contributed by atoms with E-state index in [1.54, 1.807) is 0 Å². The van der Waals surface area contributed by atoms with E-state index in [1.165, 1.54) is 11.1 Å². The van der Waals surface area contributed by atoms with Gasteiger partial charge in [0, 0.05) is 25.3 Å². The molecule has 31 heavy (non-hydrogen) atoms. The molecule has 0 aromatic carbocycles. The lowest BCUT2D eigenvalue weighted by Gasteiger charge is -2.27. The van der Waals surface area contributed by atoms with Crippen molar-refractivity contribution in [2.45, 2.75) is 56.7 Å². The molecule has 11 heteroatoms. The van der Waals surface area contributed by atoms with Gasteiger partial charge in [0.2, 0.25) is 0 Å². The van der Waals surface area contributed by atoms with Gasteiger partial charge in [0.05, 0.1) is 5.56 Å². The highest BCUT2D eigenvalue weighted by Gasteiger charge is 2.37. The Kier molecular flexibility index (Phi) is 5.76. The van der Waals surface area contributed by atoms with E-state index in [-0.39, 0.29) is 35.9 Å². The zero-order valence-electron chi connectivity index (χ0n) is 16.7. The van der Waals surface area contributed by atoms with Gasteiger partial charge in [-0.05, 0) is 43.2 Å². The van der Waals surface area contributed by atoms with E-state index in [0.717, 1.165) is 49.0 Å². The minimum absolute atomic E-state index is 0.0448. The number of hydrogen-bond donors (Lipinski definition) is 2. The standard InChI is InChI=1S/C20H23ClF3N5O2/c21-16-15(18(30)26-7-8-28(19(25)31)13-3-1-2-4-13)27-17-14(20(22,23)24)9-12(10-29(16)17)11-5-6-11/h9-11,13H,1-8H2,(H2,25,31)(H,26,30). The van der Waals surface area contributed by atoms with Crippen molar-refractivity contribution in [3.63, 3.8) is 0 Å². The van der Waals surface area contributed by atoms with Crippen molar-refractivity contribution in [3.05, 3.63) is 34.2 Å². The lowest BCUT2D eigenvalue weighted by Crippen LogP contribution is -2.46. The zero-order chi connectivity index (χ0) is 22.3. The van der Waals surface area contributed by atoms with E-state index >= 15 is 0 Å². The van der Waals surface area contributed by atoms with Crippen molar-refractivity contribution in [2.75, 3.05) is 13.1 Å². The van der Waals surface area contributed by atoms with E-state index in [1.807, 2.05) is 0 Å². The number of urea groups is 1. The predicted octanol–water partition coefficient (Wildman–Crippen LogP) is 3.94. The Balaban J connectivity index is 1.54. The molecule has 3 amide bonds. The Morgan fingerprint density at radius 2 is 1.94 bits per heavy atom. The molecule has 2 aliphatic carbocycles.